The first kappa shape index (κ1) is 24.3. The highest BCUT2D eigenvalue weighted by molar-refractivity contribution is 6.00. The van der Waals surface area contributed by atoms with Crippen LogP contribution in [0.2, 0.25) is 0 Å². The molecule has 6 nitrogen and oxygen atoms in total. The van der Waals surface area contributed by atoms with Crippen molar-refractivity contribution in [3.05, 3.63) is 83.1 Å². The van der Waals surface area contributed by atoms with E-state index in [9.17, 15) is 35.5 Å². The van der Waals surface area contributed by atoms with Gasteiger partial charge in [-0.15, -0.1) is 4.98 Å². The van der Waals surface area contributed by atoms with Gasteiger partial charge in [-0.25, -0.2) is 9.18 Å². The molecule has 2 aromatic carbocycles. The number of ether oxygens (including phenoxy) is 1. The number of aromatic nitrogens is 1. The van der Waals surface area contributed by atoms with Gasteiger partial charge in [0.15, 0.2) is 11.9 Å². The number of hydrogen-bond donors (Lipinski definition) is 2. The van der Waals surface area contributed by atoms with Gasteiger partial charge in [-0.1, -0.05) is 6.57 Å². The molecular formula is C21H11F7N4O2. The zero-order valence-corrected chi connectivity index (χ0v) is 16.6. The predicted molar refractivity (Wildman–Crippen MR) is 106 cm³/mol. The molecule has 0 fully saturated rings. The van der Waals surface area contributed by atoms with Gasteiger partial charge in [-0.05, 0) is 42.5 Å². The van der Waals surface area contributed by atoms with Crippen LogP contribution in [0.1, 0.15) is 11.1 Å². The monoisotopic (exact) mass is 484 g/mol. The van der Waals surface area contributed by atoms with E-state index in [0.717, 1.165) is 12.1 Å². The Labute approximate surface area is 186 Å². The van der Waals surface area contributed by atoms with Crippen molar-refractivity contribution in [2.45, 2.75) is 12.4 Å². The van der Waals surface area contributed by atoms with Gasteiger partial charge >= 0.3 is 18.4 Å². The Morgan fingerprint density at radius 3 is 2.03 bits per heavy atom. The van der Waals surface area contributed by atoms with E-state index in [1.165, 1.54) is 24.4 Å². The third kappa shape index (κ3) is 6.12. The number of rotatable bonds is 4. The fourth-order valence-corrected chi connectivity index (χ4v) is 2.61. The Balaban J connectivity index is 1.79. The molecule has 1 heterocycles. The summed E-state index contributed by atoms with van der Waals surface area (Å²) in [6.07, 6.45) is -8.98. The highest BCUT2D eigenvalue weighted by Gasteiger charge is 2.37. The summed E-state index contributed by atoms with van der Waals surface area (Å²) < 4.78 is 97.3. The molecule has 3 rings (SSSR count). The minimum Gasteiger partial charge on any atom is -0.453 e. The van der Waals surface area contributed by atoms with Gasteiger partial charge in [0, 0.05) is 11.8 Å². The fourth-order valence-electron chi connectivity index (χ4n) is 2.61. The summed E-state index contributed by atoms with van der Waals surface area (Å²) in [5, 5.41) is 3.83. The van der Waals surface area contributed by atoms with E-state index < -0.39 is 46.7 Å². The Hall–Kier alpha value is -4.34. The van der Waals surface area contributed by atoms with Gasteiger partial charge in [0.25, 0.3) is 5.82 Å². The molecule has 2 N–H and O–H groups in total. The van der Waals surface area contributed by atoms with Gasteiger partial charge in [0.2, 0.25) is 0 Å². The van der Waals surface area contributed by atoms with Crippen LogP contribution in [0.5, 0.6) is 11.5 Å². The summed E-state index contributed by atoms with van der Waals surface area (Å²) in [7, 11) is 0. The largest absolute Gasteiger partial charge is 0.453 e. The molecule has 176 valence electrons. The molecule has 0 radical (unpaired) electrons. The standard InChI is InChI=1S/C21H11F7N4O2/c1-29-18-5-3-15(10-30-18)34-14-2-4-16(22)17(9-14)32-19(33)31-13-7-11(20(23,24)25)6-12(8-13)21(26,27)28/h2-10H,(H2,31,32,33). The Morgan fingerprint density at radius 2 is 1.50 bits per heavy atom. The summed E-state index contributed by atoms with van der Waals surface area (Å²) >= 11 is 0. The number of alkyl halides is 6. The number of hydrogen-bond acceptors (Lipinski definition) is 3. The van der Waals surface area contributed by atoms with Crippen molar-refractivity contribution in [3.8, 4) is 11.5 Å². The molecule has 2 amide bonds. The quantitative estimate of drug-likeness (QED) is 0.303. The van der Waals surface area contributed by atoms with E-state index in [0.29, 0.717) is 12.1 Å². The first-order chi connectivity index (χ1) is 15.8. The number of halogens is 7. The van der Waals surface area contributed by atoms with E-state index in [1.807, 2.05) is 10.6 Å². The zero-order valence-electron chi connectivity index (χ0n) is 16.6. The van der Waals surface area contributed by atoms with Crippen molar-refractivity contribution in [1.29, 1.82) is 0 Å². The number of nitrogens with one attached hydrogen (secondary N) is 2. The van der Waals surface area contributed by atoms with Crippen LogP contribution in [0.3, 0.4) is 0 Å². The maximum Gasteiger partial charge on any atom is 0.416 e. The summed E-state index contributed by atoms with van der Waals surface area (Å²) in [5.41, 5.74) is -4.53. The van der Waals surface area contributed by atoms with E-state index in [2.05, 4.69) is 9.83 Å². The molecule has 0 aliphatic heterocycles. The fraction of sp³-hybridized carbons (Fsp3) is 0.0952. The van der Waals surface area contributed by atoms with Crippen LogP contribution in [0.25, 0.3) is 4.85 Å². The smallest absolute Gasteiger partial charge is 0.416 e. The van der Waals surface area contributed by atoms with Crippen LogP contribution in [0.15, 0.2) is 54.7 Å². The van der Waals surface area contributed by atoms with Crippen LogP contribution < -0.4 is 15.4 Å². The normalized spacial score (nSPS) is 11.5. The second-order valence-electron chi connectivity index (χ2n) is 6.58. The first-order valence-corrected chi connectivity index (χ1v) is 9.03. The third-order valence-electron chi connectivity index (χ3n) is 4.10. The van der Waals surface area contributed by atoms with Crippen LogP contribution in [-0.4, -0.2) is 11.0 Å². The highest BCUT2D eigenvalue weighted by atomic mass is 19.4. The number of anilines is 2. The molecule has 0 aliphatic carbocycles. The molecular weight excluding hydrogens is 473 g/mol. The molecule has 0 saturated heterocycles. The van der Waals surface area contributed by atoms with Crippen LogP contribution in [-0.2, 0) is 12.4 Å². The molecule has 13 heteroatoms. The molecule has 0 atom stereocenters. The number of carbonyl (C=O) groups excluding carboxylic acids is 1. The van der Waals surface area contributed by atoms with E-state index >= 15 is 0 Å². The summed E-state index contributed by atoms with van der Waals surface area (Å²) in [5.74, 6) is -0.650. The number of nitrogens with zero attached hydrogens (tertiary/aromatic N) is 2. The van der Waals surface area contributed by atoms with Gasteiger partial charge in [0.1, 0.15) is 11.6 Å². The molecule has 0 bridgehead atoms. The van der Waals surface area contributed by atoms with Crippen molar-refractivity contribution in [3.63, 3.8) is 0 Å². The lowest BCUT2D eigenvalue weighted by Crippen LogP contribution is -2.21. The number of amides is 2. The van der Waals surface area contributed by atoms with Crippen molar-refractivity contribution < 1.29 is 40.3 Å². The summed E-state index contributed by atoms with van der Waals surface area (Å²) in [6, 6.07) is 5.15. The Kier molecular flexibility index (Phi) is 6.62. The maximum absolute atomic E-state index is 14.1. The lowest BCUT2D eigenvalue weighted by atomic mass is 10.1. The van der Waals surface area contributed by atoms with Gasteiger partial charge < -0.3 is 20.2 Å². The van der Waals surface area contributed by atoms with E-state index in [4.69, 9.17) is 11.3 Å². The SMILES string of the molecule is [C-]#[N+]c1ccc(Oc2ccc(F)c(NC(=O)Nc3cc(C(F)(F)F)cc(C(F)(F)F)c3)c2)cn1. The average Bonchev–Trinajstić information content (AvgIpc) is 2.75. The van der Waals surface area contributed by atoms with Crippen molar-refractivity contribution in [1.82, 2.24) is 4.98 Å². The van der Waals surface area contributed by atoms with Crippen molar-refractivity contribution in [2.75, 3.05) is 10.6 Å². The van der Waals surface area contributed by atoms with Gasteiger partial charge in [-0.2, -0.15) is 26.3 Å². The molecule has 0 aliphatic rings. The van der Waals surface area contributed by atoms with Gasteiger partial charge in [0.05, 0.1) is 16.8 Å². The zero-order chi connectivity index (χ0) is 25.1. The van der Waals surface area contributed by atoms with E-state index in [1.54, 1.807) is 0 Å². The van der Waals surface area contributed by atoms with E-state index in [-0.39, 0.29) is 23.4 Å². The molecule has 0 unspecified atom stereocenters. The number of benzene rings is 2. The topological polar surface area (TPSA) is 67.6 Å². The van der Waals surface area contributed by atoms with Crippen molar-refractivity contribution >= 4 is 23.2 Å². The number of urea groups is 1. The van der Waals surface area contributed by atoms with Crippen LogP contribution >= 0.6 is 0 Å². The number of carbonyl (C=O) groups is 1. The third-order valence-corrected chi connectivity index (χ3v) is 4.10. The lowest BCUT2D eigenvalue weighted by molar-refractivity contribution is -0.143. The van der Waals surface area contributed by atoms with Crippen LogP contribution in [0.4, 0.5) is 52.7 Å². The molecule has 1 aromatic heterocycles. The van der Waals surface area contributed by atoms with Gasteiger partial charge in [-0.3, -0.25) is 0 Å². The second kappa shape index (κ2) is 9.26. The Morgan fingerprint density at radius 1 is 0.882 bits per heavy atom. The number of pyridine rings is 1. The first-order valence-electron chi connectivity index (χ1n) is 9.03. The summed E-state index contributed by atoms with van der Waals surface area (Å²) in [6.45, 7) is 6.84. The minimum absolute atomic E-state index is 0.0208. The maximum atomic E-state index is 14.1. The molecule has 34 heavy (non-hydrogen) atoms. The van der Waals surface area contributed by atoms with Crippen molar-refractivity contribution in [2.24, 2.45) is 0 Å². The summed E-state index contributed by atoms with van der Waals surface area (Å²) in [4.78, 5) is 19.1. The minimum atomic E-state index is -5.10. The lowest BCUT2D eigenvalue weighted by Gasteiger charge is -2.15. The highest BCUT2D eigenvalue weighted by Crippen LogP contribution is 2.37. The predicted octanol–water partition coefficient (Wildman–Crippen LogP) is 7.25. The second-order valence-corrected chi connectivity index (χ2v) is 6.58. The molecule has 0 spiro atoms. The Bertz CT molecular complexity index is 1220. The average molecular weight is 484 g/mol. The molecule has 3 aromatic rings. The van der Waals surface area contributed by atoms with Crippen LogP contribution in [0, 0.1) is 12.4 Å². The molecule has 0 saturated carbocycles.